The van der Waals surface area contributed by atoms with E-state index in [9.17, 15) is 4.79 Å². The highest BCUT2D eigenvalue weighted by molar-refractivity contribution is 5.72. The topological polar surface area (TPSA) is 38.3 Å². The van der Waals surface area contributed by atoms with E-state index in [0.717, 1.165) is 12.1 Å². The fraction of sp³-hybridized carbons (Fsp3) is 0.500. The number of nitrogens with one attached hydrogen (secondary N) is 1. The van der Waals surface area contributed by atoms with Crippen LogP contribution in [0.1, 0.15) is 32.8 Å². The minimum atomic E-state index is -0.400. The minimum absolute atomic E-state index is 0.136. The van der Waals surface area contributed by atoms with Crippen LogP contribution in [0, 0.1) is 0 Å². The molecule has 1 aromatic rings. The van der Waals surface area contributed by atoms with Crippen LogP contribution >= 0.6 is 0 Å². The van der Waals surface area contributed by atoms with Gasteiger partial charge in [0.2, 0.25) is 0 Å². The minimum Gasteiger partial charge on any atom is -0.460 e. The van der Waals surface area contributed by atoms with Gasteiger partial charge >= 0.3 is 5.97 Å². The summed E-state index contributed by atoms with van der Waals surface area (Å²) in [7, 11) is 0. The zero-order valence-electron chi connectivity index (χ0n) is 10.6. The summed E-state index contributed by atoms with van der Waals surface area (Å²) in [6.45, 7) is 5.67. The second-order valence-corrected chi connectivity index (χ2v) is 5.49. The smallest absolute Gasteiger partial charge is 0.308 e. The molecule has 0 saturated carbocycles. The second kappa shape index (κ2) is 4.40. The average molecular weight is 233 g/mol. The third-order valence-corrected chi connectivity index (χ3v) is 2.68. The quantitative estimate of drug-likeness (QED) is 0.798. The first kappa shape index (κ1) is 12.0. The van der Waals surface area contributed by atoms with Crippen molar-refractivity contribution in [1.29, 1.82) is 0 Å². The van der Waals surface area contributed by atoms with E-state index in [1.807, 2.05) is 39.0 Å². The number of carbonyl (C=O) groups excluding carboxylic acids is 1. The summed E-state index contributed by atoms with van der Waals surface area (Å²) in [4.78, 5) is 11.7. The molecule has 2 rings (SSSR count). The molecule has 17 heavy (non-hydrogen) atoms. The summed E-state index contributed by atoms with van der Waals surface area (Å²) >= 11 is 0. The molecule has 1 aromatic carbocycles. The highest BCUT2D eigenvalue weighted by Crippen LogP contribution is 2.26. The van der Waals surface area contributed by atoms with Gasteiger partial charge in [-0.1, -0.05) is 18.2 Å². The Morgan fingerprint density at radius 2 is 2.12 bits per heavy atom. The summed E-state index contributed by atoms with van der Waals surface area (Å²) in [5, 5.41) is 3.35. The maximum atomic E-state index is 11.7. The van der Waals surface area contributed by atoms with E-state index in [1.165, 1.54) is 5.56 Å². The number of ether oxygens (including phenoxy) is 1. The number of hydrogen-bond acceptors (Lipinski definition) is 3. The molecule has 1 N–H and O–H groups in total. The molecule has 3 nitrogen and oxygen atoms in total. The Kier molecular flexibility index (Phi) is 3.09. The molecular formula is C14H19NO2. The van der Waals surface area contributed by atoms with Crippen LogP contribution in [-0.4, -0.2) is 17.6 Å². The molecule has 0 aromatic heterocycles. The van der Waals surface area contributed by atoms with Gasteiger partial charge in [-0.3, -0.25) is 4.79 Å². The number of carbonyl (C=O) groups is 1. The number of para-hydroxylation sites is 1. The lowest BCUT2D eigenvalue weighted by molar-refractivity contribution is -0.155. The number of esters is 1. The number of fused-ring (bicyclic) bond motifs is 1. The first-order valence-corrected chi connectivity index (χ1v) is 6.00. The van der Waals surface area contributed by atoms with E-state index in [4.69, 9.17) is 4.74 Å². The molecule has 1 atom stereocenters. The first-order valence-electron chi connectivity index (χ1n) is 6.00. The molecule has 92 valence electrons. The van der Waals surface area contributed by atoms with Crippen molar-refractivity contribution in [3.63, 3.8) is 0 Å². The predicted octanol–water partition coefficient (Wildman–Crippen LogP) is 2.76. The lowest BCUT2D eigenvalue weighted by Crippen LogP contribution is -2.28. The monoisotopic (exact) mass is 233 g/mol. The first-order chi connectivity index (χ1) is 7.94. The lowest BCUT2D eigenvalue weighted by Gasteiger charge is -2.20. The maximum Gasteiger partial charge on any atom is 0.308 e. The third-order valence-electron chi connectivity index (χ3n) is 2.68. The Morgan fingerprint density at radius 3 is 2.76 bits per heavy atom. The van der Waals surface area contributed by atoms with Crippen LogP contribution in [-0.2, 0) is 16.0 Å². The SMILES string of the molecule is CC(C)(C)OC(=O)CC1Cc2ccccc2N1. The van der Waals surface area contributed by atoms with Crippen molar-refractivity contribution in [3.05, 3.63) is 29.8 Å². The van der Waals surface area contributed by atoms with Crippen molar-refractivity contribution >= 4 is 11.7 Å². The van der Waals surface area contributed by atoms with E-state index >= 15 is 0 Å². The summed E-state index contributed by atoms with van der Waals surface area (Å²) in [5.74, 6) is -0.136. The molecule has 0 spiro atoms. The van der Waals surface area contributed by atoms with Gasteiger partial charge in [0, 0.05) is 11.7 Å². The van der Waals surface area contributed by atoms with Crippen LogP contribution < -0.4 is 5.32 Å². The normalized spacial score (nSPS) is 18.4. The molecule has 1 aliphatic heterocycles. The van der Waals surface area contributed by atoms with Gasteiger partial charge < -0.3 is 10.1 Å². The van der Waals surface area contributed by atoms with Crippen LogP contribution in [0.4, 0.5) is 5.69 Å². The fourth-order valence-corrected chi connectivity index (χ4v) is 2.08. The van der Waals surface area contributed by atoms with E-state index in [1.54, 1.807) is 0 Å². The van der Waals surface area contributed by atoms with E-state index < -0.39 is 5.60 Å². The molecule has 1 heterocycles. The van der Waals surface area contributed by atoms with Crippen molar-refractivity contribution in [2.24, 2.45) is 0 Å². The van der Waals surface area contributed by atoms with Crippen LogP contribution in [0.3, 0.4) is 0 Å². The van der Waals surface area contributed by atoms with Gasteiger partial charge in [0.15, 0.2) is 0 Å². The van der Waals surface area contributed by atoms with Gasteiger partial charge in [-0.25, -0.2) is 0 Å². The Morgan fingerprint density at radius 1 is 1.41 bits per heavy atom. The van der Waals surface area contributed by atoms with Gasteiger partial charge in [0.25, 0.3) is 0 Å². The van der Waals surface area contributed by atoms with Crippen molar-refractivity contribution in [3.8, 4) is 0 Å². The molecule has 0 bridgehead atoms. The summed E-state index contributed by atoms with van der Waals surface area (Å²) in [6, 6.07) is 8.34. The average Bonchev–Trinajstić information content (AvgIpc) is 2.55. The maximum absolute atomic E-state index is 11.7. The number of anilines is 1. The van der Waals surface area contributed by atoms with Crippen molar-refractivity contribution in [2.45, 2.75) is 45.3 Å². The number of hydrogen-bond donors (Lipinski definition) is 1. The van der Waals surface area contributed by atoms with E-state index in [0.29, 0.717) is 6.42 Å². The lowest BCUT2D eigenvalue weighted by atomic mass is 10.1. The largest absolute Gasteiger partial charge is 0.460 e. The van der Waals surface area contributed by atoms with Crippen LogP contribution in [0.15, 0.2) is 24.3 Å². The summed E-state index contributed by atoms with van der Waals surface area (Å²) in [6.07, 6.45) is 1.32. The van der Waals surface area contributed by atoms with Crippen molar-refractivity contribution in [1.82, 2.24) is 0 Å². The molecule has 0 saturated heterocycles. The van der Waals surface area contributed by atoms with Crippen molar-refractivity contribution < 1.29 is 9.53 Å². The predicted molar refractivity (Wildman–Crippen MR) is 68.0 cm³/mol. The molecule has 1 unspecified atom stereocenters. The van der Waals surface area contributed by atoms with Gasteiger partial charge in [-0.2, -0.15) is 0 Å². The molecule has 0 radical (unpaired) electrons. The third kappa shape index (κ3) is 3.22. The number of rotatable bonds is 2. The molecule has 1 aliphatic rings. The van der Waals surface area contributed by atoms with Crippen LogP contribution in [0.25, 0.3) is 0 Å². The molecule has 0 amide bonds. The summed E-state index contributed by atoms with van der Waals surface area (Å²) < 4.78 is 5.32. The van der Waals surface area contributed by atoms with E-state index in [-0.39, 0.29) is 12.0 Å². The standard InChI is InChI=1S/C14H19NO2/c1-14(2,3)17-13(16)9-11-8-10-6-4-5-7-12(10)15-11/h4-7,11,15H,8-9H2,1-3H3. The Bertz CT molecular complexity index is 395. The Hall–Kier alpha value is -1.51. The van der Waals surface area contributed by atoms with Crippen LogP contribution in [0.5, 0.6) is 0 Å². The van der Waals surface area contributed by atoms with Gasteiger partial charge in [0.05, 0.1) is 6.42 Å². The van der Waals surface area contributed by atoms with Crippen LogP contribution in [0.2, 0.25) is 0 Å². The molecule has 0 fully saturated rings. The highest BCUT2D eigenvalue weighted by atomic mass is 16.6. The van der Waals surface area contributed by atoms with Gasteiger partial charge in [-0.05, 0) is 38.8 Å². The Labute approximate surface area is 102 Å². The van der Waals surface area contributed by atoms with Gasteiger partial charge in [0.1, 0.15) is 5.60 Å². The molecular weight excluding hydrogens is 214 g/mol. The van der Waals surface area contributed by atoms with Gasteiger partial charge in [-0.15, -0.1) is 0 Å². The second-order valence-electron chi connectivity index (χ2n) is 5.49. The summed E-state index contributed by atoms with van der Waals surface area (Å²) in [5.41, 5.74) is 2.02. The number of benzene rings is 1. The van der Waals surface area contributed by atoms with E-state index in [2.05, 4.69) is 11.4 Å². The fourth-order valence-electron chi connectivity index (χ4n) is 2.08. The Balaban J connectivity index is 1.90. The van der Waals surface area contributed by atoms with Crippen molar-refractivity contribution in [2.75, 3.05) is 5.32 Å². The molecule has 0 aliphatic carbocycles. The highest BCUT2D eigenvalue weighted by Gasteiger charge is 2.25. The zero-order valence-corrected chi connectivity index (χ0v) is 10.6. The molecule has 3 heteroatoms. The zero-order chi connectivity index (χ0) is 12.5.